The number of carbonyl (C=O) groups excluding carboxylic acids is 1. The van der Waals surface area contributed by atoms with Crippen LogP contribution in [0.4, 0.5) is 9.18 Å². The van der Waals surface area contributed by atoms with Crippen LogP contribution < -0.4 is 9.46 Å². The largest absolute Gasteiger partial charge is 0.496 e. The van der Waals surface area contributed by atoms with Gasteiger partial charge in [0.15, 0.2) is 0 Å². The van der Waals surface area contributed by atoms with Gasteiger partial charge in [-0.1, -0.05) is 6.08 Å². The molecule has 0 unspecified atom stereocenters. The Balaban J connectivity index is 1.66. The third-order valence-corrected chi connectivity index (χ3v) is 7.18. The van der Waals surface area contributed by atoms with Crippen molar-refractivity contribution in [2.45, 2.75) is 26.3 Å². The summed E-state index contributed by atoms with van der Waals surface area (Å²) in [4.78, 5) is 19.3. The third kappa shape index (κ3) is 4.62. The van der Waals surface area contributed by atoms with Gasteiger partial charge in [-0.3, -0.25) is 0 Å². The lowest BCUT2D eigenvalue weighted by Gasteiger charge is -2.30. The molecule has 0 aliphatic carbocycles. The van der Waals surface area contributed by atoms with Gasteiger partial charge in [-0.15, -0.1) is 0 Å². The van der Waals surface area contributed by atoms with Crippen LogP contribution >= 0.6 is 0 Å². The summed E-state index contributed by atoms with van der Waals surface area (Å²) in [7, 11) is -2.52. The van der Waals surface area contributed by atoms with E-state index in [2.05, 4.69) is 14.7 Å². The molecular weight excluding hydrogens is 463 g/mol. The van der Waals surface area contributed by atoms with Gasteiger partial charge in [-0.05, 0) is 61.7 Å². The van der Waals surface area contributed by atoms with E-state index in [9.17, 15) is 17.6 Å². The molecule has 0 fully saturated rings. The Morgan fingerprint density at radius 1 is 1.29 bits per heavy atom. The van der Waals surface area contributed by atoms with Gasteiger partial charge in [-0.2, -0.15) is 12.7 Å². The lowest BCUT2D eigenvalue weighted by Crippen LogP contribution is -2.48. The first-order chi connectivity index (χ1) is 16.2. The molecule has 180 valence electrons. The number of hydrogen-bond donors (Lipinski definition) is 2. The SMILES string of the molecule is CCOC(=O)NS(=O)(=O)N1CCC(c2cc3c(-c4cc(F)ccc4OC)ccnc3[nH]2)=C[C@@H]1C. The Bertz CT molecular complexity index is 1370. The Kier molecular flexibility index (Phi) is 6.58. The second-order valence-electron chi connectivity index (χ2n) is 7.77. The van der Waals surface area contributed by atoms with Gasteiger partial charge in [0.2, 0.25) is 0 Å². The van der Waals surface area contributed by atoms with E-state index in [-0.39, 0.29) is 19.0 Å². The number of halogens is 1. The lowest BCUT2D eigenvalue weighted by atomic mass is 10.00. The molecule has 0 spiro atoms. The molecule has 0 saturated carbocycles. The maximum Gasteiger partial charge on any atom is 0.421 e. The molecule has 1 aliphatic heterocycles. The highest BCUT2D eigenvalue weighted by molar-refractivity contribution is 7.87. The zero-order valence-electron chi connectivity index (χ0n) is 19.0. The first kappa shape index (κ1) is 23.7. The minimum absolute atomic E-state index is 0.0683. The van der Waals surface area contributed by atoms with Crippen molar-refractivity contribution in [3.63, 3.8) is 0 Å². The van der Waals surface area contributed by atoms with Crippen LogP contribution in [-0.2, 0) is 14.9 Å². The molecule has 2 N–H and O–H groups in total. The number of pyridine rings is 1. The molecule has 1 amide bonds. The molecule has 0 saturated heterocycles. The molecular formula is C23H25FN4O5S. The van der Waals surface area contributed by atoms with Gasteiger partial charge in [0.25, 0.3) is 0 Å². The van der Waals surface area contributed by atoms with E-state index < -0.39 is 22.3 Å². The van der Waals surface area contributed by atoms with Crippen LogP contribution in [-0.4, -0.2) is 55.1 Å². The maximum absolute atomic E-state index is 14.0. The van der Waals surface area contributed by atoms with Crippen LogP contribution in [0.25, 0.3) is 27.7 Å². The van der Waals surface area contributed by atoms with Crippen LogP contribution in [0.3, 0.4) is 0 Å². The van der Waals surface area contributed by atoms with Crippen molar-refractivity contribution in [2.75, 3.05) is 20.3 Å². The summed E-state index contributed by atoms with van der Waals surface area (Å²) in [5, 5.41) is 0.786. The number of nitrogens with zero attached hydrogens (tertiary/aromatic N) is 2. The Hall–Kier alpha value is -3.44. The minimum Gasteiger partial charge on any atom is -0.496 e. The summed E-state index contributed by atoms with van der Waals surface area (Å²) in [5.74, 6) is 0.162. The predicted molar refractivity (Wildman–Crippen MR) is 126 cm³/mol. The number of ether oxygens (including phenoxy) is 2. The van der Waals surface area contributed by atoms with E-state index in [1.54, 1.807) is 32.2 Å². The highest BCUT2D eigenvalue weighted by Gasteiger charge is 2.32. The molecule has 0 bridgehead atoms. The topological polar surface area (TPSA) is 114 Å². The fraction of sp³-hybridized carbons (Fsp3) is 0.304. The number of aromatic nitrogens is 2. The maximum atomic E-state index is 14.0. The second-order valence-corrected chi connectivity index (χ2v) is 9.39. The number of methoxy groups -OCH3 is 1. The number of rotatable bonds is 6. The number of nitrogens with one attached hydrogen (secondary N) is 2. The summed E-state index contributed by atoms with van der Waals surface area (Å²) in [6, 6.07) is 7.55. The summed E-state index contributed by atoms with van der Waals surface area (Å²) >= 11 is 0. The number of aromatic amines is 1. The summed E-state index contributed by atoms with van der Waals surface area (Å²) < 4.78 is 52.4. The molecule has 1 atom stereocenters. The van der Waals surface area contributed by atoms with Crippen LogP contribution in [0.15, 0.2) is 42.6 Å². The average Bonchev–Trinajstić information content (AvgIpc) is 3.23. The van der Waals surface area contributed by atoms with E-state index >= 15 is 0 Å². The van der Waals surface area contributed by atoms with Gasteiger partial charge in [-0.25, -0.2) is 18.9 Å². The highest BCUT2D eigenvalue weighted by atomic mass is 32.2. The van der Waals surface area contributed by atoms with Gasteiger partial charge in [0.1, 0.15) is 17.2 Å². The van der Waals surface area contributed by atoms with Crippen molar-refractivity contribution >= 4 is 32.9 Å². The van der Waals surface area contributed by atoms with Crippen molar-refractivity contribution in [3.8, 4) is 16.9 Å². The molecule has 9 nitrogen and oxygen atoms in total. The van der Waals surface area contributed by atoms with E-state index in [0.29, 0.717) is 23.4 Å². The summed E-state index contributed by atoms with van der Waals surface area (Å²) in [5.41, 5.74) is 3.68. The van der Waals surface area contributed by atoms with Gasteiger partial charge in [0, 0.05) is 35.4 Å². The zero-order chi connectivity index (χ0) is 24.5. The first-order valence-electron chi connectivity index (χ1n) is 10.7. The Morgan fingerprint density at radius 3 is 2.79 bits per heavy atom. The molecule has 3 heterocycles. The van der Waals surface area contributed by atoms with Crippen molar-refractivity contribution < 1.29 is 27.1 Å². The van der Waals surface area contributed by atoms with Crippen molar-refractivity contribution in [1.82, 2.24) is 19.0 Å². The Labute approximate surface area is 196 Å². The number of H-pyrrole nitrogens is 1. The lowest BCUT2D eigenvalue weighted by molar-refractivity contribution is 0.158. The highest BCUT2D eigenvalue weighted by Crippen LogP contribution is 2.37. The van der Waals surface area contributed by atoms with E-state index in [1.807, 2.05) is 16.9 Å². The fourth-order valence-corrected chi connectivity index (χ4v) is 5.32. The van der Waals surface area contributed by atoms with Crippen molar-refractivity contribution in [1.29, 1.82) is 0 Å². The molecule has 2 aromatic heterocycles. The zero-order valence-corrected chi connectivity index (χ0v) is 19.8. The predicted octanol–water partition coefficient (Wildman–Crippen LogP) is 3.85. The summed E-state index contributed by atoms with van der Waals surface area (Å²) in [6.07, 6.45) is 2.86. The Morgan fingerprint density at radius 2 is 2.09 bits per heavy atom. The fourth-order valence-electron chi connectivity index (χ4n) is 4.11. The smallest absolute Gasteiger partial charge is 0.421 e. The molecule has 34 heavy (non-hydrogen) atoms. The second kappa shape index (κ2) is 9.43. The van der Waals surface area contributed by atoms with E-state index in [1.165, 1.54) is 23.5 Å². The van der Waals surface area contributed by atoms with Crippen molar-refractivity contribution in [2.24, 2.45) is 0 Å². The van der Waals surface area contributed by atoms with E-state index in [4.69, 9.17) is 4.74 Å². The van der Waals surface area contributed by atoms with E-state index in [0.717, 1.165) is 22.2 Å². The van der Waals surface area contributed by atoms with Gasteiger partial charge >= 0.3 is 16.3 Å². The first-order valence-corrected chi connectivity index (χ1v) is 12.2. The number of carbonyl (C=O) groups is 1. The standard InChI is InChI=1S/C23H25FN4O5S/c1-4-33-23(29)27-34(30,31)28-10-8-15(11-14(28)2)20-13-19-17(7-9-25-22(19)26-20)18-12-16(24)5-6-21(18)32-3/h5-7,9,11-14H,4,8,10H2,1-3H3,(H,25,26)(H,27,29)/t14-/m0/s1. The molecule has 4 rings (SSSR count). The van der Waals surface area contributed by atoms with Crippen LogP contribution in [0, 0.1) is 5.82 Å². The van der Waals surface area contributed by atoms with Crippen LogP contribution in [0.5, 0.6) is 5.75 Å². The molecule has 1 aliphatic rings. The van der Waals surface area contributed by atoms with Crippen LogP contribution in [0.1, 0.15) is 26.0 Å². The molecule has 0 radical (unpaired) electrons. The van der Waals surface area contributed by atoms with Crippen LogP contribution in [0.2, 0.25) is 0 Å². The number of amides is 1. The molecule has 11 heteroatoms. The number of benzene rings is 1. The monoisotopic (exact) mass is 488 g/mol. The summed E-state index contributed by atoms with van der Waals surface area (Å²) in [6.45, 7) is 3.57. The normalized spacial score (nSPS) is 16.8. The average molecular weight is 489 g/mol. The number of hydrogen-bond acceptors (Lipinski definition) is 6. The minimum atomic E-state index is -4.05. The third-order valence-electron chi connectivity index (χ3n) is 5.62. The number of fused-ring (bicyclic) bond motifs is 1. The molecule has 1 aromatic carbocycles. The van der Waals surface area contributed by atoms with Gasteiger partial charge < -0.3 is 14.5 Å². The quantitative estimate of drug-likeness (QED) is 0.545. The molecule has 3 aromatic rings. The van der Waals surface area contributed by atoms with Crippen molar-refractivity contribution in [3.05, 3.63) is 54.1 Å². The van der Waals surface area contributed by atoms with Gasteiger partial charge in [0.05, 0.1) is 13.7 Å².